The summed E-state index contributed by atoms with van der Waals surface area (Å²) in [5, 5.41) is 3.19. The lowest BCUT2D eigenvalue weighted by Gasteiger charge is -2.31. The van der Waals surface area contributed by atoms with Crippen molar-refractivity contribution in [1.29, 1.82) is 0 Å². The molecule has 1 unspecified atom stereocenters. The van der Waals surface area contributed by atoms with Crippen LogP contribution >= 0.6 is 11.3 Å². The van der Waals surface area contributed by atoms with Gasteiger partial charge in [-0.2, -0.15) is 0 Å². The Hall–Kier alpha value is -1.89. The Morgan fingerprint density at radius 2 is 1.96 bits per heavy atom. The molecule has 2 heterocycles. The minimum absolute atomic E-state index is 0.149. The summed E-state index contributed by atoms with van der Waals surface area (Å²) < 4.78 is 5.26. The maximum Gasteiger partial charge on any atom is 0.349 e. The lowest BCUT2D eigenvalue weighted by molar-refractivity contribution is -0.141. The molecule has 0 saturated carbocycles. The third kappa shape index (κ3) is 4.79. The second kappa shape index (κ2) is 7.59. The van der Waals surface area contributed by atoms with E-state index in [1.54, 1.807) is 24.0 Å². The lowest BCUT2D eigenvalue weighted by Crippen LogP contribution is -2.44. The van der Waals surface area contributed by atoms with Gasteiger partial charge in [0.1, 0.15) is 4.88 Å². The molecule has 6 nitrogen and oxygen atoms in total. The van der Waals surface area contributed by atoms with E-state index < -0.39 is 12.1 Å². The summed E-state index contributed by atoms with van der Waals surface area (Å²) in [7, 11) is 0. The molecule has 1 saturated heterocycles. The highest BCUT2D eigenvalue weighted by atomic mass is 32.1. The van der Waals surface area contributed by atoms with Gasteiger partial charge in [0.2, 0.25) is 5.91 Å². The number of nitrogens with zero attached hydrogens (tertiary/aromatic N) is 1. The third-order valence-corrected chi connectivity index (χ3v) is 4.81. The standard InChI is InChI=1S/C16H22N2O4S/c1-10-6-8-18(9-7-10)15(20)11(2)22-16(21)13-4-5-14(23-13)17-12(3)19/h4-5,10-11H,6-9H2,1-3H3,(H,17,19). The molecule has 0 bridgehead atoms. The van der Waals surface area contributed by atoms with Gasteiger partial charge in [-0.15, -0.1) is 11.3 Å². The number of amides is 2. The maximum atomic E-state index is 12.3. The number of likely N-dealkylation sites (tertiary alicyclic amines) is 1. The van der Waals surface area contributed by atoms with Gasteiger partial charge in [-0.25, -0.2) is 4.79 Å². The number of ether oxygens (including phenoxy) is 1. The molecule has 1 aromatic rings. The molecule has 0 radical (unpaired) electrons. The molecule has 1 aliphatic rings. The van der Waals surface area contributed by atoms with Crippen molar-refractivity contribution in [3.8, 4) is 0 Å². The fourth-order valence-electron chi connectivity index (χ4n) is 2.44. The molecular weight excluding hydrogens is 316 g/mol. The van der Waals surface area contributed by atoms with E-state index in [-0.39, 0.29) is 11.8 Å². The molecule has 23 heavy (non-hydrogen) atoms. The van der Waals surface area contributed by atoms with E-state index in [4.69, 9.17) is 4.74 Å². The molecule has 1 N–H and O–H groups in total. The Bertz CT molecular complexity index is 591. The van der Waals surface area contributed by atoms with Gasteiger partial charge >= 0.3 is 5.97 Å². The van der Waals surface area contributed by atoms with Crippen molar-refractivity contribution in [3.63, 3.8) is 0 Å². The largest absolute Gasteiger partial charge is 0.448 e. The van der Waals surface area contributed by atoms with Gasteiger partial charge in [0.25, 0.3) is 5.91 Å². The molecule has 2 rings (SSSR count). The van der Waals surface area contributed by atoms with Crippen LogP contribution in [0, 0.1) is 5.92 Å². The molecule has 7 heteroatoms. The molecular formula is C16H22N2O4S. The highest BCUT2D eigenvalue weighted by Gasteiger charge is 2.27. The number of anilines is 1. The summed E-state index contributed by atoms with van der Waals surface area (Å²) in [6.45, 7) is 6.61. The van der Waals surface area contributed by atoms with E-state index in [0.717, 1.165) is 24.2 Å². The van der Waals surface area contributed by atoms with Gasteiger partial charge < -0.3 is 15.0 Å². The molecule has 126 valence electrons. The normalized spacial score (nSPS) is 16.7. The number of nitrogens with one attached hydrogen (secondary N) is 1. The van der Waals surface area contributed by atoms with Crippen molar-refractivity contribution in [2.45, 2.75) is 39.7 Å². The van der Waals surface area contributed by atoms with Gasteiger partial charge in [0, 0.05) is 20.0 Å². The summed E-state index contributed by atoms with van der Waals surface area (Å²) in [6, 6.07) is 3.22. The average Bonchev–Trinajstić information content (AvgIpc) is 2.95. The van der Waals surface area contributed by atoms with Crippen molar-refractivity contribution in [2.24, 2.45) is 5.92 Å². The van der Waals surface area contributed by atoms with Gasteiger partial charge in [-0.3, -0.25) is 9.59 Å². The minimum atomic E-state index is -0.803. The monoisotopic (exact) mass is 338 g/mol. The molecule has 1 fully saturated rings. The van der Waals surface area contributed by atoms with Crippen LogP contribution in [0.25, 0.3) is 0 Å². The van der Waals surface area contributed by atoms with E-state index in [0.29, 0.717) is 28.9 Å². The number of carbonyl (C=O) groups is 3. The SMILES string of the molecule is CC(=O)Nc1ccc(C(=O)OC(C)C(=O)N2CCC(C)CC2)s1. The fourth-order valence-corrected chi connectivity index (χ4v) is 3.28. The summed E-state index contributed by atoms with van der Waals surface area (Å²) in [6.07, 6.45) is 1.16. The van der Waals surface area contributed by atoms with Gasteiger partial charge in [0.15, 0.2) is 6.10 Å². The van der Waals surface area contributed by atoms with Crippen LogP contribution in [0.3, 0.4) is 0 Å². The molecule has 1 aliphatic heterocycles. The predicted molar refractivity (Wildman–Crippen MR) is 88.5 cm³/mol. The van der Waals surface area contributed by atoms with E-state index in [2.05, 4.69) is 12.2 Å². The molecule has 1 atom stereocenters. The summed E-state index contributed by atoms with van der Waals surface area (Å²) in [5.41, 5.74) is 0. The first-order valence-corrected chi connectivity index (χ1v) is 8.55. The van der Waals surface area contributed by atoms with Crippen LogP contribution in [0.2, 0.25) is 0 Å². The average molecular weight is 338 g/mol. The molecule has 1 aromatic heterocycles. The number of carbonyl (C=O) groups excluding carboxylic acids is 3. The zero-order chi connectivity index (χ0) is 17.0. The number of hydrogen-bond acceptors (Lipinski definition) is 5. The van der Waals surface area contributed by atoms with E-state index in [1.165, 1.54) is 6.92 Å². The van der Waals surface area contributed by atoms with Crippen LogP contribution in [0.5, 0.6) is 0 Å². The number of piperidine rings is 1. The zero-order valence-electron chi connectivity index (χ0n) is 13.6. The van der Waals surface area contributed by atoms with Gasteiger partial charge in [0.05, 0.1) is 5.00 Å². The second-order valence-electron chi connectivity index (χ2n) is 5.90. The lowest BCUT2D eigenvalue weighted by atomic mass is 9.99. The van der Waals surface area contributed by atoms with Crippen LogP contribution in [0.4, 0.5) is 5.00 Å². The Morgan fingerprint density at radius 1 is 1.30 bits per heavy atom. The van der Waals surface area contributed by atoms with Crippen LogP contribution in [-0.4, -0.2) is 41.9 Å². The Labute approximate surface area is 139 Å². The first-order chi connectivity index (χ1) is 10.9. The van der Waals surface area contributed by atoms with E-state index in [1.807, 2.05) is 0 Å². The number of esters is 1. The Kier molecular flexibility index (Phi) is 5.76. The smallest absolute Gasteiger partial charge is 0.349 e. The number of rotatable bonds is 4. The van der Waals surface area contributed by atoms with Crippen LogP contribution in [-0.2, 0) is 14.3 Å². The molecule has 0 aliphatic carbocycles. The zero-order valence-corrected chi connectivity index (χ0v) is 14.4. The number of thiophene rings is 1. The highest BCUT2D eigenvalue weighted by molar-refractivity contribution is 7.18. The van der Waals surface area contributed by atoms with Crippen LogP contribution in [0.15, 0.2) is 12.1 Å². The van der Waals surface area contributed by atoms with E-state index in [9.17, 15) is 14.4 Å². The maximum absolute atomic E-state index is 12.3. The van der Waals surface area contributed by atoms with E-state index >= 15 is 0 Å². The number of hydrogen-bond donors (Lipinski definition) is 1. The van der Waals surface area contributed by atoms with Crippen molar-refractivity contribution in [2.75, 3.05) is 18.4 Å². The summed E-state index contributed by atoms with van der Waals surface area (Å²) in [4.78, 5) is 37.5. The quantitative estimate of drug-likeness (QED) is 0.856. The van der Waals surface area contributed by atoms with Crippen LogP contribution < -0.4 is 5.32 Å². The topological polar surface area (TPSA) is 75.7 Å². The van der Waals surface area contributed by atoms with Gasteiger partial charge in [-0.05, 0) is 37.8 Å². The van der Waals surface area contributed by atoms with Crippen molar-refractivity contribution in [1.82, 2.24) is 4.90 Å². The van der Waals surface area contributed by atoms with Crippen molar-refractivity contribution < 1.29 is 19.1 Å². The third-order valence-electron chi connectivity index (χ3n) is 3.83. The highest BCUT2D eigenvalue weighted by Crippen LogP contribution is 2.23. The summed E-state index contributed by atoms with van der Waals surface area (Å²) >= 11 is 1.13. The molecule has 0 aromatic carbocycles. The predicted octanol–water partition coefficient (Wildman–Crippen LogP) is 2.51. The summed E-state index contributed by atoms with van der Waals surface area (Å²) in [5.74, 6) is -0.258. The first-order valence-electron chi connectivity index (χ1n) is 7.74. The minimum Gasteiger partial charge on any atom is -0.448 e. The van der Waals surface area contributed by atoms with Crippen molar-refractivity contribution >= 4 is 34.1 Å². The molecule has 0 spiro atoms. The van der Waals surface area contributed by atoms with Crippen molar-refractivity contribution in [3.05, 3.63) is 17.0 Å². The fraction of sp³-hybridized carbons (Fsp3) is 0.562. The van der Waals surface area contributed by atoms with Crippen LogP contribution in [0.1, 0.15) is 43.3 Å². The molecule has 2 amide bonds. The van der Waals surface area contributed by atoms with Gasteiger partial charge in [-0.1, -0.05) is 6.92 Å². The Balaban J connectivity index is 1.90. The first kappa shape index (κ1) is 17.5. The second-order valence-corrected chi connectivity index (χ2v) is 6.98. The Morgan fingerprint density at radius 3 is 2.57 bits per heavy atom.